The molecule has 0 radical (unpaired) electrons. The lowest BCUT2D eigenvalue weighted by atomic mass is 10.2. The molecule has 0 aliphatic rings. The molecule has 82 valence electrons. The minimum Gasteiger partial charge on any atom is -0.357 e. The average molecular weight is 251 g/mol. The fourth-order valence-electron chi connectivity index (χ4n) is 1.34. The summed E-state index contributed by atoms with van der Waals surface area (Å²) in [4.78, 5) is 17.4. The van der Waals surface area contributed by atoms with E-state index >= 15 is 0 Å². The van der Waals surface area contributed by atoms with Crippen molar-refractivity contribution in [2.45, 2.75) is 6.92 Å². The van der Waals surface area contributed by atoms with Crippen LogP contribution in [0.3, 0.4) is 0 Å². The quantitative estimate of drug-likeness (QED) is 0.792. The van der Waals surface area contributed by atoms with E-state index in [4.69, 9.17) is 0 Å². The van der Waals surface area contributed by atoms with E-state index in [0.29, 0.717) is 22.3 Å². The SMILES string of the molecule is Cc1[nH]c2cc(F)cnc2c1C=O.Cl.Cl. The number of hydrogen-bond acceptors (Lipinski definition) is 2. The third kappa shape index (κ3) is 2.27. The third-order valence-corrected chi connectivity index (χ3v) is 1.95. The van der Waals surface area contributed by atoms with Crippen LogP contribution in [0, 0.1) is 12.7 Å². The van der Waals surface area contributed by atoms with Gasteiger partial charge in [-0.05, 0) is 6.92 Å². The van der Waals surface area contributed by atoms with Crippen LogP contribution in [0.25, 0.3) is 11.0 Å². The number of pyridine rings is 1. The van der Waals surface area contributed by atoms with E-state index in [1.54, 1.807) is 6.92 Å². The number of aromatic nitrogens is 2. The van der Waals surface area contributed by atoms with Gasteiger partial charge in [-0.2, -0.15) is 0 Å². The molecule has 0 saturated heterocycles. The Hall–Kier alpha value is -1.13. The first-order valence-electron chi connectivity index (χ1n) is 3.81. The Bertz CT molecular complexity index is 484. The van der Waals surface area contributed by atoms with Crippen LogP contribution in [0.5, 0.6) is 0 Å². The summed E-state index contributed by atoms with van der Waals surface area (Å²) in [6.45, 7) is 1.75. The van der Waals surface area contributed by atoms with Crippen LogP contribution in [0.4, 0.5) is 4.39 Å². The summed E-state index contributed by atoms with van der Waals surface area (Å²) >= 11 is 0. The van der Waals surface area contributed by atoms with Gasteiger partial charge in [0.15, 0.2) is 6.29 Å². The fraction of sp³-hybridized carbons (Fsp3) is 0.111. The Morgan fingerprint density at radius 3 is 2.73 bits per heavy atom. The number of hydrogen-bond donors (Lipinski definition) is 1. The highest BCUT2D eigenvalue weighted by molar-refractivity contribution is 5.96. The standard InChI is InChI=1S/C9H7FN2O.2ClH/c1-5-7(4-13)9-8(12-5)2-6(10)3-11-9;;/h2-4,12H,1H3;2*1H. The zero-order valence-electron chi connectivity index (χ0n) is 7.78. The van der Waals surface area contributed by atoms with Gasteiger partial charge in [-0.15, -0.1) is 24.8 Å². The minimum absolute atomic E-state index is 0. The minimum atomic E-state index is -0.411. The topological polar surface area (TPSA) is 45.8 Å². The van der Waals surface area contributed by atoms with Crippen molar-refractivity contribution in [3.63, 3.8) is 0 Å². The molecule has 0 aliphatic carbocycles. The van der Waals surface area contributed by atoms with Gasteiger partial charge in [-0.3, -0.25) is 9.78 Å². The van der Waals surface area contributed by atoms with Gasteiger partial charge in [-0.25, -0.2) is 4.39 Å². The molecule has 0 aliphatic heterocycles. The van der Waals surface area contributed by atoms with Crippen LogP contribution >= 0.6 is 24.8 Å². The van der Waals surface area contributed by atoms with E-state index in [1.165, 1.54) is 6.07 Å². The first-order valence-corrected chi connectivity index (χ1v) is 3.81. The van der Waals surface area contributed by atoms with E-state index in [0.717, 1.165) is 12.5 Å². The predicted molar refractivity (Wildman–Crippen MR) is 60.7 cm³/mol. The number of fused-ring (bicyclic) bond motifs is 1. The summed E-state index contributed by atoms with van der Waals surface area (Å²) in [7, 11) is 0. The molecule has 0 unspecified atom stereocenters. The number of H-pyrrole nitrogens is 1. The summed E-state index contributed by atoms with van der Waals surface area (Å²) in [5, 5.41) is 0. The Kier molecular flexibility index (Phi) is 4.71. The molecule has 0 fully saturated rings. The molecule has 2 aromatic rings. The fourth-order valence-corrected chi connectivity index (χ4v) is 1.34. The van der Waals surface area contributed by atoms with Crippen molar-refractivity contribution in [1.29, 1.82) is 0 Å². The van der Waals surface area contributed by atoms with Gasteiger partial charge in [0.2, 0.25) is 0 Å². The predicted octanol–water partition coefficient (Wildman–Crippen LogP) is 2.67. The van der Waals surface area contributed by atoms with Crippen molar-refractivity contribution >= 4 is 42.1 Å². The van der Waals surface area contributed by atoms with E-state index < -0.39 is 5.82 Å². The second kappa shape index (κ2) is 5.09. The van der Waals surface area contributed by atoms with Gasteiger partial charge < -0.3 is 4.98 Å². The van der Waals surface area contributed by atoms with Gasteiger partial charge in [0, 0.05) is 11.8 Å². The van der Waals surface area contributed by atoms with Crippen molar-refractivity contribution in [1.82, 2.24) is 9.97 Å². The van der Waals surface area contributed by atoms with Gasteiger partial charge in [0.05, 0.1) is 22.8 Å². The number of rotatable bonds is 1. The van der Waals surface area contributed by atoms with Crippen molar-refractivity contribution in [2.24, 2.45) is 0 Å². The van der Waals surface area contributed by atoms with Gasteiger partial charge in [-0.1, -0.05) is 0 Å². The normalized spacial score (nSPS) is 9.20. The molecule has 15 heavy (non-hydrogen) atoms. The van der Waals surface area contributed by atoms with Crippen LogP contribution in [-0.2, 0) is 0 Å². The number of aldehydes is 1. The lowest BCUT2D eigenvalue weighted by Gasteiger charge is -1.89. The molecule has 2 heterocycles. The van der Waals surface area contributed by atoms with Crippen LogP contribution in [0.2, 0.25) is 0 Å². The van der Waals surface area contributed by atoms with Crippen LogP contribution in [0.1, 0.15) is 16.1 Å². The number of nitrogens with one attached hydrogen (secondary N) is 1. The largest absolute Gasteiger partial charge is 0.357 e. The molecular weight excluding hydrogens is 242 g/mol. The Balaban J connectivity index is 0.000000980. The van der Waals surface area contributed by atoms with Gasteiger partial charge in [0.1, 0.15) is 5.82 Å². The van der Waals surface area contributed by atoms with Crippen molar-refractivity contribution in [2.75, 3.05) is 0 Å². The number of nitrogens with zero attached hydrogens (tertiary/aromatic N) is 1. The maximum atomic E-state index is 12.7. The van der Waals surface area contributed by atoms with E-state index in [9.17, 15) is 9.18 Å². The van der Waals surface area contributed by atoms with Crippen molar-refractivity contribution in [3.8, 4) is 0 Å². The van der Waals surface area contributed by atoms with Crippen molar-refractivity contribution in [3.05, 3.63) is 29.3 Å². The summed E-state index contributed by atoms with van der Waals surface area (Å²) in [5.74, 6) is -0.411. The number of carbonyl (C=O) groups excluding carboxylic acids is 1. The summed E-state index contributed by atoms with van der Waals surface area (Å²) in [5.41, 5.74) is 2.28. The highest BCUT2D eigenvalue weighted by Gasteiger charge is 2.08. The molecule has 0 spiro atoms. The second-order valence-corrected chi connectivity index (χ2v) is 2.83. The molecule has 0 aromatic carbocycles. The van der Waals surface area contributed by atoms with Crippen LogP contribution in [0.15, 0.2) is 12.3 Å². The second-order valence-electron chi connectivity index (χ2n) is 2.83. The Morgan fingerprint density at radius 1 is 1.47 bits per heavy atom. The summed E-state index contributed by atoms with van der Waals surface area (Å²) in [6, 6.07) is 1.32. The number of aryl methyl sites for hydroxylation is 1. The lowest BCUT2D eigenvalue weighted by Crippen LogP contribution is -1.83. The molecule has 0 amide bonds. The molecular formula is C9H9Cl2FN2O. The van der Waals surface area contributed by atoms with Crippen LogP contribution < -0.4 is 0 Å². The Morgan fingerprint density at radius 2 is 2.13 bits per heavy atom. The van der Waals surface area contributed by atoms with E-state index in [1.807, 2.05) is 0 Å². The molecule has 6 heteroatoms. The molecule has 0 atom stereocenters. The number of aromatic amines is 1. The first kappa shape index (κ1) is 13.9. The highest BCUT2D eigenvalue weighted by atomic mass is 35.5. The highest BCUT2D eigenvalue weighted by Crippen LogP contribution is 2.18. The van der Waals surface area contributed by atoms with E-state index in [2.05, 4.69) is 9.97 Å². The molecule has 0 bridgehead atoms. The number of carbonyl (C=O) groups is 1. The smallest absolute Gasteiger partial charge is 0.154 e. The zero-order chi connectivity index (χ0) is 9.42. The third-order valence-electron chi connectivity index (χ3n) is 1.95. The summed E-state index contributed by atoms with van der Waals surface area (Å²) in [6.07, 6.45) is 1.82. The first-order chi connectivity index (χ1) is 6.22. The van der Waals surface area contributed by atoms with Gasteiger partial charge >= 0.3 is 0 Å². The van der Waals surface area contributed by atoms with Gasteiger partial charge in [0.25, 0.3) is 0 Å². The van der Waals surface area contributed by atoms with Crippen molar-refractivity contribution < 1.29 is 9.18 Å². The lowest BCUT2D eigenvalue weighted by molar-refractivity contribution is 0.112. The molecule has 3 nitrogen and oxygen atoms in total. The monoisotopic (exact) mass is 250 g/mol. The zero-order valence-corrected chi connectivity index (χ0v) is 9.41. The Labute approximate surface area is 97.9 Å². The maximum absolute atomic E-state index is 12.7. The maximum Gasteiger partial charge on any atom is 0.154 e. The molecule has 0 saturated carbocycles. The average Bonchev–Trinajstić information content (AvgIpc) is 2.39. The van der Waals surface area contributed by atoms with Crippen LogP contribution in [-0.4, -0.2) is 16.3 Å². The molecule has 2 rings (SSSR count). The number of halogens is 3. The molecule has 2 aromatic heterocycles. The summed E-state index contributed by atoms with van der Waals surface area (Å²) < 4.78 is 12.7. The van der Waals surface area contributed by atoms with E-state index in [-0.39, 0.29) is 24.8 Å². The molecule has 1 N–H and O–H groups in total.